The van der Waals surface area contributed by atoms with Crippen LogP contribution >= 0.6 is 0 Å². The molecule has 1 saturated heterocycles. The Kier molecular flexibility index (Phi) is 3.53. The summed E-state index contributed by atoms with van der Waals surface area (Å²) < 4.78 is 33.2. The van der Waals surface area contributed by atoms with E-state index >= 15 is 0 Å². The second-order valence-corrected chi connectivity index (χ2v) is 5.70. The number of rotatable bonds is 1. The highest BCUT2D eigenvalue weighted by molar-refractivity contribution is 5.92. The summed E-state index contributed by atoms with van der Waals surface area (Å²) >= 11 is 0. The minimum Gasteiger partial charge on any atom is -0.372 e. The summed E-state index contributed by atoms with van der Waals surface area (Å²) in [7, 11) is 0. The third kappa shape index (κ3) is 2.58. The second-order valence-electron chi connectivity index (χ2n) is 5.70. The number of benzene rings is 1. The van der Waals surface area contributed by atoms with Gasteiger partial charge in [-0.25, -0.2) is 13.8 Å². The molecule has 0 amide bonds. The summed E-state index contributed by atoms with van der Waals surface area (Å²) in [4.78, 5) is 6.32. The first-order valence-electron chi connectivity index (χ1n) is 7.11. The maximum atomic E-state index is 14.0. The Morgan fingerprint density at radius 2 is 1.86 bits per heavy atom. The monoisotopic (exact) mass is 292 g/mol. The van der Waals surface area contributed by atoms with Crippen LogP contribution in [-0.4, -0.2) is 30.3 Å². The van der Waals surface area contributed by atoms with E-state index in [-0.39, 0.29) is 17.7 Å². The predicted molar refractivity (Wildman–Crippen MR) is 78.6 cm³/mol. The summed E-state index contributed by atoms with van der Waals surface area (Å²) in [5, 5.41) is 0.640. The minimum atomic E-state index is -0.883. The molecule has 2 aromatic rings. The number of aromatic nitrogens is 1. The van der Waals surface area contributed by atoms with Crippen molar-refractivity contribution in [1.29, 1.82) is 0 Å². The molecule has 0 aliphatic carbocycles. The highest BCUT2D eigenvalue weighted by atomic mass is 19.2. The van der Waals surface area contributed by atoms with E-state index in [1.54, 1.807) is 13.0 Å². The lowest BCUT2D eigenvalue weighted by Gasteiger charge is -2.37. The zero-order chi connectivity index (χ0) is 15.1. The molecule has 2 unspecified atom stereocenters. The molecular weight excluding hydrogens is 274 g/mol. The van der Waals surface area contributed by atoms with Crippen molar-refractivity contribution in [3.05, 3.63) is 35.5 Å². The fourth-order valence-corrected chi connectivity index (χ4v) is 2.98. The van der Waals surface area contributed by atoms with Crippen molar-refractivity contribution in [3.63, 3.8) is 0 Å². The molecule has 5 heteroatoms. The van der Waals surface area contributed by atoms with E-state index in [9.17, 15) is 8.78 Å². The van der Waals surface area contributed by atoms with E-state index in [1.165, 1.54) is 0 Å². The summed E-state index contributed by atoms with van der Waals surface area (Å²) in [5.41, 5.74) is 1.66. The lowest BCUT2D eigenvalue weighted by molar-refractivity contribution is -0.00513. The van der Waals surface area contributed by atoms with Crippen molar-refractivity contribution < 1.29 is 13.5 Å². The van der Waals surface area contributed by atoms with Crippen LogP contribution in [0.25, 0.3) is 10.9 Å². The average Bonchev–Trinajstić information content (AvgIpc) is 2.41. The van der Waals surface area contributed by atoms with Crippen LogP contribution in [0.5, 0.6) is 0 Å². The Hall–Kier alpha value is -1.75. The number of pyridine rings is 1. The molecule has 0 N–H and O–H groups in total. The van der Waals surface area contributed by atoms with Gasteiger partial charge in [-0.3, -0.25) is 0 Å². The number of hydrogen-bond acceptors (Lipinski definition) is 3. The van der Waals surface area contributed by atoms with Crippen molar-refractivity contribution in [2.45, 2.75) is 33.0 Å². The topological polar surface area (TPSA) is 25.4 Å². The first-order valence-corrected chi connectivity index (χ1v) is 7.11. The molecule has 0 spiro atoms. The lowest BCUT2D eigenvalue weighted by atomic mass is 10.1. The number of nitrogens with zero attached hydrogens (tertiary/aromatic N) is 2. The second kappa shape index (κ2) is 5.22. The number of anilines is 1. The molecule has 2 atom stereocenters. The van der Waals surface area contributed by atoms with Gasteiger partial charge in [0.05, 0.1) is 12.2 Å². The molecule has 0 saturated carbocycles. The SMILES string of the molecule is Cc1cc(N2CC(C)OC(C)C2)c2ccc(F)c(F)c2n1. The van der Waals surface area contributed by atoms with Crippen molar-refractivity contribution in [3.8, 4) is 0 Å². The van der Waals surface area contributed by atoms with Crippen molar-refractivity contribution in [2.24, 2.45) is 0 Å². The maximum Gasteiger partial charge on any atom is 0.185 e. The Morgan fingerprint density at radius 3 is 2.52 bits per heavy atom. The highest BCUT2D eigenvalue weighted by Crippen LogP contribution is 2.31. The lowest BCUT2D eigenvalue weighted by Crippen LogP contribution is -2.45. The number of hydrogen-bond donors (Lipinski definition) is 0. The molecule has 1 fully saturated rings. The Morgan fingerprint density at radius 1 is 1.19 bits per heavy atom. The molecule has 1 aliphatic rings. The van der Waals surface area contributed by atoms with E-state index in [4.69, 9.17) is 4.74 Å². The van der Waals surface area contributed by atoms with Crippen LogP contribution in [0, 0.1) is 18.6 Å². The summed E-state index contributed by atoms with van der Waals surface area (Å²) in [5.74, 6) is -1.75. The summed E-state index contributed by atoms with van der Waals surface area (Å²) in [6, 6.07) is 4.68. The van der Waals surface area contributed by atoms with Crippen molar-refractivity contribution in [1.82, 2.24) is 4.98 Å². The van der Waals surface area contributed by atoms with Crippen molar-refractivity contribution >= 4 is 16.6 Å². The van der Waals surface area contributed by atoms with Crippen LogP contribution in [0.2, 0.25) is 0 Å². The first kappa shape index (κ1) is 14.2. The van der Waals surface area contributed by atoms with Gasteiger partial charge in [-0.1, -0.05) is 0 Å². The first-order chi connectivity index (χ1) is 9.95. The van der Waals surface area contributed by atoms with Gasteiger partial charge in [0.1, 0.15) is 5.52 Å². The van der Waals surface area contributed by atoms with Gasteiger partial charge < -0.3 is 9.64 Å². The van der Waals surface area contributed by atoms with Gasteiger partial charge >= 0.3 is 0 Å². The number of morpholine rings is 1. The Balaban J connectivity index is 2.16. The summed E-state index contributed by atoms with van der Waals surface area (Å²) in [6.07, 6.45) is 0.199. The molecule has 0 bridgehead atoms. The van der Waals surface area contributed by atoms with E-state index in [2.05, 4.69) is 9.88 Å². The minimum absolute atomic E-state index is 0.0943. The third-order valence-corrected chi connectivity index (χ3v) is 3.74. The van der Waals surface area contributed by atoms with Gasteiger partial charge in [-0.05, 0) is 39.0 Å². The molecule has 3 rings (SSSR count). The smallest absolute Gasteiger partial charge is 0.185 e. The fraction of sp³-hybridized carbons (Fsp3) is 0.438. The predicted octanol–water partition coefficient (Wildman–Crippen LogP) is 3.44. The molecule has 21 heavy (non-hydrogen) atoms. The van der Waals surface area contributed by atoms with Crippen LogP contribution < -0.4 is 4.90 Å². The quantitative estimate of drug-likeness (QED) is 0.805. The fourth-order valence-electron chi connectivity index (χ4n) is 2.98. The van der Waals surface area contributed by atoms with E-state index in [0.717, 1.165) is 24.8 Å². The van der Waals surface area contributed by atoms with Crippen LogP contribution in [0.3, 0.4) is 0 Å². The molecule has 2 heterocycles. The molecule has 3 nitrogen and oxygen atoms in total. The number of halogens is 2. The van der Waals surface area contributed by atoms with Crippen LogP contribution in [0.4, 0.5) is 14.5 Å². The van der Waals surface area contributed by atoms with E-state index < -0.39 is 11.6 Å². The molecule has 1 aliphatic heterocycles. The molecule has 1 aromatic carbocycles. The van der Waals surface area contributed by atoms with Gasteiger partial charge in [-0.15, -0.1) is 0 Å². The molecule has 1 aromatic heterocycles. The maximum absolute atomic E-state index is 14.0. The van der Waals surface area contributed by atoms with Crippen LogP contribution in [-0.2, 0) is 4.74 Å². The molecule has 0 radical (unpaired) electrons. The Bertz CT molecular complexity index is 680. The number of ether oxygens (including phenoxy) is 1. The number of fused-ring (bicyclic) bond motifs is 1. The van der Waals surface area contributed by atoms with Crippen LogP contribution in [0.1, 0.15) is 19.5 Å². The zero-order valence-corrected chi connectivity index (χ0v) is 12.4. The standard InChI is InChI=1S/C16H18F2N2O/c1-9-6-14(20-7-10(2)21-11(3)8-20)12-4-5-13(17)15(18)16(12)19-9/h4-6,10-11H,7-8H2,1-3H3. The Labute approximate surface area is 122 Å². The van der Waals surface area contributed by atoms with E-state index in [0.29, 0.717) is 11.1 Å². The van der Waals surface area contributed by atoms with Gasteiger partial charge in [0.2, 0.25) is 0 Å². The molecule has 112 valence electrons. The summed E-state index contributed by atoms with van der Waals surface area (Å²) in [6.45, 7) is 7.27. The van der Waals surface area contributed by atoms with Gasteiger partial charge in [0, 0.05) is 29.9 Å². The van der Waals surface area contributed by atoms with Crippen molar-refractivity contribution in [2.75, 3.05) is 18.0 Å². The van der Waals surface area contributed by atoms with Crippen LogP contribution in [0.15, 0.2) is 18.2 Å². The van der Waals surface area contributed by atoms with Gasteiger partial charge in [-0.2, -0.15) is 0 Å². The van der Waals surface area contributed by atoms with Gasteiger partial charge in [0.25, 0.3) is 0 Å². The molecular formula is C16H18F2N2O. The largest absolute Gasteiger partial charge is 0.372 e. The zero-order valence-electron chi connectivity index (χ0n) is 12.4. The average molecular weight is 292 g/mol. The van der Waals surface area contributed by atoms with E-state index in [1.807, 2.05) is 19.9 Å². The number of aryl methyl sites for hydroxylation is 1. The normalized spacial score (nSPS) is 22.8. The highest BCUT2D eigenvalue weighted by Gasteiger charge is 2.24. The van der Waals surface area contributed by atoms with Gasteiger partial charge in [0.15, 0.2) is 11.6 Å². The third-order valence-electron chi connectivity index (χ3n) is 3.74.